The summed E-state index contributed by atoms with van der Waals surface area (Å²) in [7, 11) is 0. The maximum absolute atomic E-state index is 12.2. The van der Waals surface area contributed by atoms with Gasteiger partial charge in [-0.2, -0.15) is 0 Å². The highest BCUT2D eigenvalue weighted by Gasteiger charge is 2.21. The first-order valence-corrected chi connectivity index (χ1v) is 9.43. The van der Waals surface area contributed by atoms with E-state index < -0.39 is 6.10 Å². The monoisotopic (exact) mass is 383 g/mol. The Kier molecular flexibility index (Phi) is 4.87. The second-order valence-electron chi connectivity index (χ2n) is 7.74. The predicted molar refractivity (Wildman–Crippen MR) is 107 cm³/mol. The Morgan fingerprint density at radius 1 is 1.21 bits per heavy atom. The molecule has 1 aromatic heterocycles. The summed E-state index contributed by atoms with van der Waals surface area (Å²) in [6.07, 6.45) is 0.0763. The van der Waals surface area contributed by atoms with Gasteiger partial charge < -0.3 is 24.9 Å². The molecule has 3 N–H and O–H groups in total. The lowest BCUT2D eigenvalue weighted by Crippen LogP contribution is -2.42. The van der Waals surface area contributed by atoms with Gasteiger partial charge in [0, 0.05) is 18.6 Å². The Labute approximate surface area is 162 Å². The number of aryl methyl sites for hydroxylation is 1. The number of H-pyrrole nitrogens is 1. The average Bonchev–Trinajstić information content (AvgIpc) is 3.27. The number of para-hydroxylation sites is 2. The van der Waals surface area contributed by atoms with Crippen molar-refractivity contribution in [2.45, 2.75) is 38.5 Å². The first-order valence-electron chi connectivity index (χ1n) is 9.43. The van der Waals surface area contributed by atoms with E-state index >= 15 is 0 Å². The van der Waals surface area contributed by atoms with Crippen LogP contribution in [0.2, 0.25) is 0 Å². The van der Waals surface area contributed by atoms with Gasteiger partial charge in [0.25, 0.3) is 0 Å². The van der Waals surface area contributed by atoms with E-state index in [4.69, 9.17) is 9.47 Å². The standard InChI is InChI=1S/C21H25N3O4/c1-21(2,9-10-24-16-6-4-3-5-15(16)23-20(24)26)22-12-17(25)14-7-8-18-19(11-14)28-13-27-18/h3-8,11,17,22,25H,9-10,12-13H2,1-2H3,(H,23,26). The molecular formula is C21H25N3O4. The minimum Gasteiger partial charge on any atom is -0.454 e. The molecule has 4 rings (SSSR count). The number of imidazole rings is 1. The molecule has 7 heteroatoms. The number of aliphatic hydroxyl groups excluding tert-OH is 1. The molecule has 0 aliphatic carbocycles. The third-order valence-corrected chi connectivity index (χ3v) is 5.20. The fourth-order valence-corrected chi connectivity index (χ4v) is 3.42. The van der Waals surface area contributed by atoms with Crippen LogP contribution in [0.1, 0.15) is 31.9 Å². The Balaban J connectivity index is 1.37. The van der Waals surface area contributed by atoms with Crippen molar-refractivity contribution in [2.75, 3.05) is 13.3 Å². The van der Waals surface area contributed by atoms with Crippen LogP contribution in [0.15, 0.2) is 47.3 Å². The summed E-state index contributed by atoms with van der Waals surface area (Å²) in [6, 6.07) is 13.2. The van der Waals surface area contributed by atoms with E-state index in [9.17, 15) is 9.90 Å². The molecule has 0 saturated carbocycles. The second kappa shape index (κ2) is 7.33. The molecule has 0 fully saturated rings. The number of nitrogens with one attached hydrogen (secondary N) is 2. The van der Waals surface area contributed by atoms with Gasteiger partial charge in [-0.25, -0.2) is 4.79 Å². The topological polar surface area (TPSA) is 88.5 Å². The molecule has 0 saturated heterocycles. The van der Waals surface area contributed by atoms with Crippen LogP contribution in [-0.4, -0.2) is 33.5 Å². The molecule has 148 valence electrons. The highest BCUT2D eigenvalue weighted by Crippen LogP contribution is 2.34. The molecule has 28 heavy (non-hydrogen) atoms. The molecule has 2 aromatic carbocycles. The number of aromatic amines is 1. The zero-order valence-electron chi connectivity index (χ0n) is 16.1. The molecular weight excluding hydrogens is 358 g/mol. The number of benzene rings is 2. The molecule has 0 radical (unpaired) electrons. The van der Waals surface area contributed by atoms with Crippen molar-refractivity contribution in [3.8, 4) is 11.5 Å². The molecule has 1 unspecified atom stereocenters. The lowest BCUT2D eigenvalue weighted by atomic mass is 9.99. The van der Waals surface area contributed by atoms with E-state index in [1.165, 1.54) is 0 Å². The Hall–Kier alpha value is -2.77. The van der Waals surface area contributed by atoms with E-state index in [2.05, 4.69) is 24.1 Å². The maximum atomic E-state index is 12.2. The van der Waals surface area contributed by atoms with E-state index in [0.29, 0.717) is 24.6 Å². The van der Waals surface area contributed by atoms with Crippen molar-refractivity contribution >= 4 is 11.0 Å². The van der Waals surface area contributed by atoms with Crippen molar-refractivity contribution in [1.29, 1.82) is 0 Å². The smallest absolute Gasteiger partial charge is 0.326 e. The van der Waals surface area contributed by atoms with Crippen molar-refractivity contribution in [3.05, 3.63) is 58.5 Å². The molecule has 0 spiro atoms. The third-order valence-electron chi connectivity index (χ3n) is 5.20. The van der Waals surface area contributed by atoms with Gasteiger partial charge in [-0.3, -0.25) is 4.57 Å². The number of ether oxygens (including phenoxy) is 2. The van der Waals surface area contributed by atoms with Crippen molar-refractivity contribution in [2.24, 2.45) is 0 Å². The van der Waals surface area contributed by atoms with Gasteiger partial charge in [-0.05, 0) is 50.1 Å². The van der Waals surface area contributed by atoms with Gasteiger partial charge in [0.05, 0.1) is 17.1 Å². The van der Waals surface area contributed by atoms with Crippen LogP contribution >= 0.6 is 0 Å². The van der Waals surface area contributed by atoms with Gasteiger partial charge in [0.2, 0.25) is 6.79 Å². The molecule has 1 aliphatic heterocycles. The summed E-state index contributed by atoms with van der Waals surface area (Å²) >= 11 is 0. The molecule has 0 bridgehead atoms. The van der Waals surface area contributed by atoms with Crippen LogP contribution in [0.5, 0.6) is 11.5 Å². The van der Waals surface area contributed by atoms with Crippen LogP contribution < -0.4 is 20.5 Å². The first-order chi connectivity index (χ1) is 13.4. The normalized spacial score (nSPS) is 14.5. The Morgan fingerprint density at radius 2 is 2.00 bits per heavy atom. The van der Waals surface area contributed by atoms with Crippen LogP contribution in [-0.2, 0) is 6.54 Å². The largest absolute Gasteiger partial charge is 0.454 e. The molecule has 3 aromatic rings. The molecule has 1 aliphatic rings. The number of aliphatic hydroxyl groups is 1. The van der Waals surface area contributed by atoms with Crippen molar-refractivity contribution in [1.82, 2.24) is 14.9 Å². The summed E-state index contributed by atoms with van der Waals surface area (Å²) < 4.78 is 12.4. The van der Waals surface area contributed by atoms with Gasteiger partial charge >= 0.3 is 5.69 Å². The van der Waals surface area contributed by atoms with Crippen LogP contribution in [0.4, 0.5) is 0 Å². The predicted octanol–water partition coefficient (Wildman–Crippen LogP) is 2.55. The van der Waals surface area contributed by atoms with E-state index in [1.54, 1.807) is 4.57 Å². The van der Waals surface area contributed by atoms with Gasteiger partial charge in [0.15, 0.2) is 11.5 Å². The minimum atomic E-state index is -0.662. The quantitative estimate of drug-likeness (QED) is 0.584. The zero-order valence-corrected chi connectivity index (χ0v) is 16.1. The van der Waals surface area contributed by atoms with Crippen LogP contribution in [0.3, 0.4) is 0 Å². The number of hydrogen-bond acceptors (Lipinski definition) is 5. The summed E-state index contributed by atoms with van der Waals surface area (Å²) in [6.45, 7) is 5.34. The number of aromatic nitrogens is 2. The summed E-state index contributed by atoms with van der Waals surface area (Å²) in [5.41, 5.74) is 2.17. The van der Waals surface area contributed by atoms with Crippen molar-refractivity contribution in [3.63, 3.8) is 0 Å². The molecule has 1 atom stereocenters. The SMILES string of the molecule is CC(C)(CCn1c(=O)[nH]c2ccccc21)NCC(O)c1ccc2c(c1)OCO2. The average molecular weight is 383 g/mol. The maximum Gasteiger partial charge on any atom is 0.326 e. The fourth-order valence-electron chi connectivity index (χ4n) is 3.42. The summed E-state index contributed by atoms with van der Waals surface area (Å²) in [4.78, 5) is 15.1. The Morgan fingerprint density at radius 3 is 2.86 bits per heavy atom. The number of fused-ring (bicyclic) bond motifs is 2. The van der Waals surface area contributed by atoms with Gasteiger partial charge in [0.1, 0.15) is 0 Å². The molecule has 0 amide bonds. The number of β-amino-alcohol motifs (C(OH)–C–C–N with tert-alkyl or cyclic N) is 1. The van der Waals surface area contributed by atoms with E-state index in [-0.39, 0.29) is 18.0 Å². The first kappa shape index (κ1) is 18.6. The summed E-state index contributed by atoms with van der Waals surface area (Å²) in [5.74, 6) is 1.36. The second-order valence-corrected chi connectivity index (χ2v) is 7.74. The highest BCUT2D eigenvalue weighted by molar-refractivity contribution is 5.74. The minimum absolute atomic E-state index is 0.0996. The highest BCUT2D eigenvalue weighted by atomic mass is 16.7. The number of hydrogen-bond donors (Lipinski definition) is 3. The van der Waals surface area contributed by atoms with E-state index in [1.807, 2.05) is 42.5 Å². The third kappa shape index (κ3) is 3.76. The molecule has 2 heterocycles. The van der Waals surface area contributed by atoms with Crippen molar-refractivity contribution < 1.29 is 14.6 Å². The van der Waals surface area contributed by atoms with Gasteiger partial charge in [-0.15, -0.1) is 0 Å². The van der Waals surface area contributed by atoms with E-state index in [0.717, 1.165) is 23.0 Å². The fraction of sp³-hybridized carbons (Fsp3) is 0.381. The van der Waals surface area contributed by atoms with Crippen LogP contribution in [0.25, 0.3) is 11.0 Å². The van der Waals surface area contributed by atoms with Crippen LogP contribution in [0, 0.1) is 0 Å². The lowest BCUT2D eigenvalue weighted by molar-refractivity contribution is 0.157. The van der Waals surface area contributed by atoms with Gasteiger partial charge in [-0.1, -0.05) is 18.2 Å². The number of nitrogens with zero attached hydrogens (tertiary/aromatic N) is 1. The zero-order chi connectivity index (χ0) is 19.7. The molecule has 7 nitrogen and oxygen atoms in total. The summed E-state index contributed by atoms with van der Waals surface area (Å²) in [5, 5.41) is 13.9. The number of rotatable bonds is 7. The lowest BCUT2D eigenvalue weighted by Gasteiger charge is -2.28. The Bertz CT molecular complexity index is 1040.